The first kappa shape index (κ1) is 14.4. The van der Waals surface area contributed by atoms with E-state index in [0.29, 0.717) is 6.54 Å². The number of hydrogen-bond acceptors (Lipinski definition) is 1. The Morgan fingerprint density at radius 2 is 2.00 bits per heavy atom. The van der Waals surface area contributed by atoms with Crippen LogP contribution in [0.2, 0.25) is 0 Å². The van der Waals surface area contributed by atoms with Crippen molar-refractivity contribution >= 4 is 16.9 Å². The summed E-state index contributed by atoms with van der Waals surface area (Å²) in [6, 6.07) is 4.80. The van der Waals surface area contributed by atoms with Crippen molar-refractivity contribution in [2.24, 2.45) is 4.99 Å². The van der Waals surface area contributed by atoms with Crippen molar-refractivity contribution in [3.05, 3.63) is 35.8 Å². The number of guanidine groups is 1. The first-order chi connectivity index (χ1) is 9.74. The molecule has 4 nitrogen and oxygen atoms in total. The van der Waals surface area contributed by atoms with E-state index in [4.69, 9.17) is 0 Å². The van der Waals surface area contributed by atoms with Gasteiger partial charge in [0.1, 0.15) is 5.82 Å². The summed E-state index contributed by atoms with van der Waals surface area (Å²) in [6.07, 6.45) is 2.71. The van der Waals surface area contributed by atoms with Crippen LogP contribution in [0.15, 0.2) is 29.4 Å². The fourth-order valence-corrected chi connectivity index (χ4v) is 2.15. The molecule has 2 rings (SSSR count). The average molecular weight is 276 g/mol. The van der Waals surface area contributed by atoms with Gasteiger partial charge in [0.05, 0.1) is 0 Å². The SMILES string of the molecule is CCNC(=NCCc1c[nH]c2ccc(F)cc12)NCC. The third-order valence-corrected chi connectivity index (χ3v) is 3.07. The molecule has 5 heteroatoms. The van der Waals surface area contributed by atoms with E-state index in [9.17, 15) is 4.39 Å². The van der Waals surface area contributed by atoms with Crippen molar-refractivity contribution in [2.75, 3.05) is 19.6 Å². The first-order valence-electron chi connectivity index (χ1n) is 7.02. The summed E-state index contributed by atoms with van der Waals surface area (Å²) in [7, 11) is 0. The van der Waals surface area contributed by atoms with Crippen LogP contribution < -0.4 is 10.6 Å². The molecule has 0 bridgehead atoms. The number of rotatable bonds is 5. The van der Waals surface area contributed by atoms with Gasteiger partial charge in [0, 0.05) is 36.7 Å². The second-order valence-electron chi connectivity index (χ2n) is 4.54. The fourth-order valence-electron chi connectivity index (χ4n) is 2.15. The van der Waals surface area contributed by atoms with Crippen molar-refractivity contribution in [3.63, 3.8) is 0 Å². The zero-order valence-corrected chi connectivity index (χ0v) is 12.0. The van der Waals surface area contributed by atoms with Crippen LogP contribution in [-0.4, -0.2) is 30.6 Å². The van der Waals surface area contributed by atoms with E-state index in [-0.39, 0.29) is 5.82 Å². The van der Waals surface area contributed by atoms with Gasteiger partial charge in [0.2, 0.25) is 0 Å². The Morgan fingerprint density at radius 3 is 2.70 bits per heavy atom. The van der Waals surface area contributed by atoms with Crippen molar-refractivity contribution in [1.29, 1.82) is 0 Å². The molecule has 0 unspecified atom stereocenters. The van der Waals surface area contributed by atoms with Gasteiger partial charge < -0.3 is 15.6 Å². The van der Waals surface area contributed by atoms with E-state index in [0.717, 1.165) is 41.9 Å². The summed E-state index contributed by atoms with van der Waals surface area (Å²) < 4.78 is 13.3. The van der Waals surface area contributed by atoms with E-state index in [1.807, 2.05) is 20.0 Å². The van der Waals surface area contributed by atoms with Gasteiger partial charge in [-0.05, 0) is 44.0 Å². The molecule has 0 amide bonds. The van der Waals surface area contributed by atoms with Crippen LogP contribution >= 0.6 is 0 Å². The molecule has 0 spiro atoms. The van der Waals surface area contributed by atoms with E-state index >= 15 is 0 Å². The second-order valence-corrected chi connectivity index (χ2v) is 4.54. The van der Waals surface area contributed by atoms with Crippen LogP contribution in [-0.2, 0) is 6.42 Å². The minimum Gasteiger partial charge on any atom is -0.361 e. The molecule has 20 heavy (non-hydrogen) atoms. The van der Waals surface area contributed by atoms with Crippen LogP contribution in [0.25, 0.3) is 10.9 Å². The number of aliphatic imine (C=N–C) groups is 1. The normalized spacial score (nSPS) is 10.6. The Morgan fingerprint density at radius 1 is 1.25 bits per heavy atom. The average Bonchev–Trinajstić information content (AvgIpc) is 2.82. The topological polar surface area (TPSA) is 52.2 Å². The summed E-state index contributed by atoms with van der Waals surface area (Å²) in [5, 5.41) is 7.30. The number of benzene rings is 1. The van der Waals surface area contributed by atoms with E-state index in [1.54, 1.807) is 12.1 Å². The minimum atomic E-state index is -0.206. The van der Waals surface area contributed by atoms with Gasteiger partial charge in [0.15, 0.2) is 5.96 Å². The highest BCUT2D eigenvalue weighted by Gasteiger charge is 2.04. The molecule has 0 aliphatic carbocycles. The molecule has 1 heterocycles. The van der Waals surface area contributed by atoms with Gasteiger partial charge >= 0.3 is 0 Å². The Balaban J connectivity index is 2.05. The standard InChI is InChI=1S/C15H21FN4/c1-3-17-15(18-4-2)19-8-7-11-10-20-14-6-5-12(16)9-13(11)14/h5-6,9-10,20H,3-4,7-8H2,1-2H3,(H2,17,18,19). The molecule has 0 saturated carbocycles. The molecular formula is C15H21FN4. The summed E-state index contributed by atoms with van der Waals surface area (Å²) in [5.41, 5.74) is 2.06. The van der Waals surface area contributed by atoms with Crippen LogP contribution in [0.3, 0.4) is 0 Å². The lowest BCUT2D eigenvalue weighted by molar-refractivity contribution is 0.629. The number of hydrogen-bond donors (Lipinski definition) is 3. The van der Waals surface area contributed by atoms with E-state index in [1.165, 1.54) is 6.07 Å². The zero-order chi connectivity index (χ0) is 14.4. The number of nitrogens with zero attached hydrogens (tertiary/aromatic N) is 1. The van der Waals surface area contributed by atoms with Gasteiger partial charge in [-0.15, -0.1) is 0 Å². The molecule has 108 valence electrons. The Bertz CT molecular complexity index is 581. The first-order valence-corrected chi connectivity index (χ1v) is 7.02. The number of fused-ring (bicyclic) bond motifs is 1. The lowest BCUT2D eigenvalue weighted by Crippen LogP contribution is -2.37. The van der Waals surface area contributed by atoms with Crippen molar-refractivity contribution in [2.45, 2.75) is 20.3 Å². The largest absolute Gasteiger partial charge is 0.361 e. The van der Waals surface area contributed by atoms with Crippen LogP contribution in [0.5, 0.6) is 0 Å². The van der Waals surface area contributed by atoms with Crippen molar-refractivity contribution in [3.8, 4) is 0 Å². The maximum Gasteiger partial charge on any atom is 0.191 e. The smallest absolute Gasteiger partial charge is 0.191 e. The van der Waals surface area contributed by atoms with Crippen LogP contribution in [0.4, 0.5) is 4.39 Å². The van der Waals surface area contributed by atoms with Crippen molar-refractivity contribution in [1.82, 2.24) is 15.6 Å². The number of nitrogens with one attached hydrogen (secondary N) is 3. The highest BCUT2D eigenvalue weighted by molar-refractivity contribution is 5.83. The second kappa shape index (κ2) is 6.93. The summed E-state index contributed by atoms with van der Waals surface area (Å²) in [5.74, 6) is 0.615. The predicted molar refractivity (Wildman–Crippen MR) is 81.6 cm³/mol. The van der Waals surface area contributed by atoms with Gasteiger partial charge in [0.25, 0.3) is 0 Å². The Kier molecular flexibility index (Phi) is 4.98. The maximum atomic E-state index is 13.3. The Hall–Kier alpha value is -2.04. The highest BCUT2D eigenvalue weighted by atomic mass is 19.1. The zero-order valence-electron chi connectivity index (χ0n) is 12.0. The number of aromatic amines is 1. The molecule has 3 N–H and O–H groups in total. The lowest BCUT2D eigenvalue weighted by Gasteiger charge is -2.08. The Labute approximate surface area is 118 Å². The molecule has 0 radical (unpaired) electrons. The molecule has 1 aromatic carbocycles. The molecule has 0 saturated heterocycles. The minimum absolute atomic E-state index is 0.206. The molecule has 0 fully saturated rings. The van der Waals surface area contributed by atoms with Gasteiger partial charge in [-0.25, -0.2) is 4.39 Å². The lowest BCUT2D eigenvalue weighted by atomic mass is 10.1. The molecule has 1 aromatic heterocycles. The van der Waals surface area contributed by atoms with Gasteiger partial charge in [-0.1, -0.05) is 0 Å². The monoisotopic (exact) mass is 276 g/mol. The molecule has 0 atom stereocenters. The maximum absolute atomic E-state index is 13.3. The third kappa shape index (κ3) is 3.50. The molecule has 0 aliphatic heterocycles. The van der Waals surface area contributed by atoms with Gasteiger partial charge in [-0.3, -0.25) is 4.99 Å². The summed E-state index contributed by atoms with van der Waals surface area (Å²) >= 11 is 0. The molecular weight excluding hydrogens is 255 g/mol. The van der Waals surface area contributed by atoms with E-state index in [2.05, 4.69) is 20.6 Å². The van der Waals surface area contributed by atoms with Crippen LogP contribution in [0.1, 0.15) is 19.4 Å². The quantitative estimate of drug-likeness (QED) is 0.580. The highest BCUT2D eigenvalue weighted by Crippen LogP contribution is 2.19. The van der Waals surface area contributed by atoms with E-state index < -0.39 is 0 Å². The van der Waals surface area contributed by atoms with Crippen LogP contribution in [0, 0.1) is 5.82 Å². The fraction of sp³-hybridized carbons (Fsp3) is 0.400. The summed E-state index contributed by atoms with van der Waals surface area (Å²) in [4.78, 5) is 7.65. The molecule has 0 aliphatic rings. The number of aromatic nitrogens is 1. The number of halogens is 1. The third-order valence-electron chi connectivity index (χ3n) is 3.07. The summed E-state index contributed by atoms with van der Waals surface area (Å²) in [6.45, 7) is 6.41. The predicted octanol–water partition coefficient (Wildman–Crippen LogP) is 2.42. The molecule has 2 aromatic rings. The van der Waals surface area contributed by atoms with Crippen molar-refractivity contribution < 1.29 is 4.39 Å². The van der Waals surface area contributed by atoms with Gasteiger partial charge in [-0.2, -0.15) is 0 Å². The number of H-pyrrole nitrogens is 1.